The maximum atomic E-state index is 12.9. The van der Waals surface area contributed by atoms with E-state index in [2.05, 4.69) is 43.1 Å². The summed E-state index contributed by atoms with van der Waals surface area (Å²) in [6.45, 7) is 10.9. The molecule has 1 saturated heterocycles. The molecule has 0 bridgehead atoms. The average Bonchev–Trinajstić information content (AvgIpc) is 3.10. The Kier molecular flexibility index (Phi) is 5.90. The van der Waals surface area contributed by atoms with Gasteiger partial charge in [-0.3, -0.25) is 4.90 Å². The van der Waals surface area contributed by atoms with Gasteiger partial charge >= 0.3 is 6.09 Å². The van der Waals surface area contributed by atoms with Crippen molar-refractivity contribution in [3.63, 3.8) is 0 Å². The molecule has 0 saturated carbocycles. The van der Waals surface area contributed by atoms with Crippen LogP contribution < -0.4 is 0 Å². The molecule has 0 radical (unpaired) electrons. The number of fused-ring (bicyclic) bond motifs is 1. The number of amides is 1. The summed E-state index contributed by atoms with van der Waals surface area (Å²) in [5, 5.41) is 1.26. The van der Waals surface area contributed by atoms with Crippen LogP contribution in [0.25, 0.3) is 15.9 Å². The van der Waals surface area contributed by atoms with Gasteiger partial charge < -0.3 is 9.64 Å². The van der Waals surface area contributed by atoms with Crippen molar-refractivity contribution in [3.05, 3.63) is 34.8 Å². The van der Waals surface area contributed by atoms with Gasteiger partial charge in [-0.1, -0.05) is 19.1 Å². The Hall–Kier alpha value is -1.92. The topological polar surface area (TPSA) is 45.7 Å². The molecule has 5 nitrogen and oxygen atoms in total. The number of nitrogens with zero attached hydrogens (tertiary/aromatic N) is 3. The molecule has 162 valence electrons. The predicted octanol–water partition coefficient (Wildman–Crippen LogP) is 5.72. The SMILES string of the molecule is C[C@H]1CC=C(c2ccc3sc(C4CCN(C)CC4)nc3c2)N(C(=O)OC(C)(C)C)C1. The van der Waals surface area contributed by atoms with Gasteiger partial charge in [0.15, 0.2) is 0 Å². The molecule has 30 heavy (non-hydrogen) atoms. The Balaban J connectivity index is 1.61. The number of carbonyl (C=O) groups is 1. The molecule has 0 unspecified atom stereocenters. The number of rotatable bonds is 2. The van der Waals surface area contributed by atoms with Crippen molar-refractivity contribution in [1.82, 2.24) is 14.8 Å². The van der Waals surface area contributed by atoms with E-state index < -0.39 is 5.60 Å². The maximum absolute atomic E-state index is 12.9. The summed E-state index contributed by atoms with van der Waals surface area (Å²) in [7, 11) is 2.19. The molecular formula is C24H33N3O2S. The number of hydrogen-bond donors (Lipinski definition) is 0. The van der Waals surface area contributed by atoms with Gasteiger partial charge in [0.25, 0.3) is 0 Å². The second-order valence-corrected chi connectivity index (χ2v) is 10.9. The average molecular weight is 428 g/mol. The summed E-state index contributed by atoms with van der Waals surface area (Å²) in [4.78, 5) is 22.1. The lowest BCUT2D eigenvalue weighted by atomic mass is 9.98. The second kappa shape index (κ2) is 8.31. The van der Waals surface area contributed by atoms with Crippen molar-refractivity contribution in [2.24, 2.45) is 5.92 Å². The third kappa shape index (κ3) is 4.70. The van der Waals surface area contributed by atoms with Crippen LogP contribution in [-0.4, -0.2) is 53.2 Å². The standard InChI is InChI=1S/C24H33N3O2S/c1-16-6-8-20(27(15-16)23(28)29-24(2,3)4)18-7-9-21-19(14-18)25-22(30-21)17-10-12-26(5)13-11-17/h7-9,14,16-17H,6,10-13,15H2,1-5H3/t16-/m0/s1. The first-order valence-electron chi connectivity index (χ1n) is 11.0. The van der Waals surface area contributed by atoms with Gasteiger partial charge in [0.1, 0.15) is 5.60 Å². The van der Waals surface area contributed by atoms with Gasteiger partial charge in [0.05, 0.1) is 20.9 Å². The van der Waals surface area contributed by atoms with E-state index in [-0.39, 0.29) is 6.09 Å². The molecule has 1 amide bonds. The van der Waals surface area contributed by atoms with E-state index >= 15 is 0 Å². The highest BCUT2D eigenvalue weighted by atomic mass is 32.1. The molecule has 6 heteroatoms. The van der Waals surface area contributed by atoms with E-state index in [9.17, 15) is 4.79 Å². The maximum Gasteiger partial charge on any atom is 0.414 e. The van der Waals surface area contributed by atoms with E-state index in [1.54, 1.807) is 4.90 Å². The van der Waals surface area contributed by atoms with Crippen molar-refractivity contribution in [2.45, 2.75) is 58.5 Å². The fourth-order valence-electron chi connectivity index (χ4n) is 4.21. The minimum absolute atomic E-state index is 0.273. The third-order valence-corrected chi connectivity index (χ3v) is 7.08. The predicted molar refractivity (Wildman–Crippen MR) is 124 cm³/mol. The van der Waals surface area contributed by atoms with Crippen molar-refractivity contribution in [3.8, 4) is 0 Å². The lowest BCUT2D eigenvalue weighted by molar-refractivity contribution is 0.0327. The Bertz CT molecular complexity index is 951. The molecule has 2 aromatic rings. The molecule has 1 atom stereocenters. The molecule has 1 aromatic carbocycles. The molecular weight excluding hydrogens is 394 g/mol. The van der Waals surface area contributed by atoms with E-state index in [0.717, 1.165) is 36.3 Å². The number of thiazole rings is 1. The van der Waals surface area contributed by atoms with Crippen LogP contribution in [0.5, 0.6) is 0 Å². The first kappa shape index (κ1) is 21.3. The van der Waals surface area contributed by atoms with Gasteiger partial charge in [-0.2, -0.15) is 0 Å². The van der Waals surface area contributed by atoms with Gasteiger partial charge in [-0.15, -0.1) is 11.3 Å². The highest BCUT2D eigenvalue weighted by Gasteiger charge is 2.29. The van der Waals surface area contributed by atoms with E-state index in [4.69, 9.17) is 9.72 Å². The fourth-order valence-corrected chi connectivity index (χ4v) is 5.32. The van der Waals surface area contributed by atoms with Crippen LogP contribution in [0.1, 0.15) is 63.4 Å². The summed E-state index contributed by atoms with van der Waals surface area (Å²) >= 11 is 1.82. The Morgan fingerprint density at radius 1 is 1.23 bits per heavy atom. The van der Waals surface area contributed by atoms with E-state index in [0.29, 0.717) is 18.4 Å². The van der Waals surface area contributed by atoms with Gasteiger partial charge in [-0.05, 0) is 78.2 Å². The van der Waals surface area contributed by atoms with Crippen molar-refractivity contribution < 1.29 is 9.53 Å². The molecule has 1 fully saturated rings. The number of carbonyl (C=O) groups excluding carboxylic acids is 1. The zero-order valence-corrected chi connectivity index (χ0v) is 19.6. The monoisotopic (exact) mass is 427 g/mol. The quantitative estimate of drug-likeness (QED) is 0.615. The number of ether oxygens (including phenoxy) is 1. The summed E-state index contributed by atoms with van der Waals surface area (Å²) in [5.74, 6) is 0.982. The van der Waals surface area contributed by atoms with Gasteiger partial charge in [-0.25, -0.2) is 9.78 Å². The summed E-state index contributed by atoms with van der Waals surface area (Å²) in [5.41, 5.74) is 2.51. The Labute approximate surface area is 183 Å². The molecule has 1 aromatic heterocycles. The Morgan fingerprint density at radius 2 is 1.97 bits per heavy atom. The number of hydrogen-bond acceptors (Lipinski definition) is 5. The molecule has 0 spiro atoms. The molecule has 3 heterocycles. The van der Waals surface area contributed by atoms with Crippen molar-refractivity contribution in [2.75, 3.05) is 26.7 Å². The first-order chi connectivity index (χ1) is 14.2. The van der Waals surface area contributed by atoms with Crippen LogP contribution in [0.4, 0.5) is 4.79 Å². The number of piperidine rings is 1. The molecule has 2 aliphatic rings. The largest absolute Gasteiger partial charge is 0.443 e. The van der Waals surface area contributed by atoms with E-state index in [1.807, 2.05) is 32.1 Å². The summed E-state index contributed by atoms with van der Waals surface area (Å²) in [6.07, 6.45) is 5.22. The lowest BCUT2D eigenvalue weighted by Crippen LogP contribution is -2.39. The smallest absolute Gasteiger partial charge is 0.414 e. The number of benzene rings is 1. The van der Waals surface area contributed by atoms with Gasteiger partial charge in [0.2, 0.25) is 0 Å². The van der Waals surface area contributed by atoms with Crippen LogP contribution >= 0.6 is 11.3 Å². The highest BCUT2D eigenvalue weighted by Crippen LogP contribution is 2.36. The number of aromatic nitrogens is 1. The highest BCUT2D eigenvalue weighted by molar-refractivity contribution is 7.18. The van der Waals surface area contributed by atoms with Crippen molar-refractivity contribution in [1.29, 1.82) is 0 Å². The minimum atomic E-state index is -0.509. The zero-order chi connectivity index (χ0) is 21.5. The number of likely N-dealkylation sites (tertiary alicyclic amines) is 1. The van der Waals surface area contributed by atoms with Crippen molar-refractivity contribution >= 4 is 33.3 Å². The normalized spacial score (nSPS) is 21.7. The van der Waals surface area contributed by atoms with Crippen LogP contribution in [0.2, 0.25) is 0 Å². The molecule has 4 rings (SSSR count). The lowest BCUT2D eigenvalue weighted by Gasteiger charge is -2.33. The van der Waals surface area contributed by atoms with Crippen LogP contribution in [-0.2, 0) is 4.74 Å². The Morgan fingerprint density at radius 3 is 2.67 bits per heavy atom. The van der Waals surface area contributed by atoms with Crippen LogP contribution in [0.15, 0.2) is 24.3 Å². The molecule has 2 aliphatic heterocycles. The number of allylic oxidation sites excluding steroid dienone is 1. The zero-order valence-electron chi connectivity index (χ0n) is 18.8. The second-order valence-electron chi connectivity index (χ2n) is 9.83. The fraction of sp³-hybridized carbons (Fsp3) is 0.583. The molecule has 0 N–H and O–H groups in total. The molecule has 0 aliphatic carbocycles. The summed E-state index contributed by atoms with van der Waals surface area (Å²) < 4.78 is 6.91. The first-order valence-corrected chi connectivity index (χ1v) is 11.8. The van der Waals surface area contributed by atoms with Gasteiger partial charge in [0, 0.05) is 18.0 Å². The summed E-state index contributed by atoms with van der Waals surface area (Å²) in [6, 6.07) is 6.43. The van der Waals surface area contributed by atoms with Crippen LogP contribution in [0, 0.1) is 5.92 Å². The van der Waals surface area contributed by atoms with E-state index in [1.165, 1.54) is 22.5 Å². The minimum Gasteiger partial charge on any atom is -0.443 e. The third-order valence-electron chi connectivity index (χ3n) is 5.88. The van der Waals surface area contributed by atoms with Crippen LogP contribution in [0.3, 0.4) is 0 Å².